The molecule has 7 nitrogen and oxygen atoms in total. The molecule has 2 unspecified atom stereocenters. The molecule has 0 spiro atoms. The number of hydrogen-bond donors (Lipinski definition) is 5. The summed E-state index contributed by atoms with van der Waals surface area (Å²) in [6, 6.07) is -0.0859. The molecule has 0 heterocycles. The number of likely N-dealkylation sites (N-methyl/N-ethyl adjacent to an activating group) is 1. The molecule has 1 aromatic rings. The number of carboxylic acid groups (broad SMARTS) is 1. The summed E-state index contributed by atoms with van der Waals surface area (Å²) in [6.45, 7) is 0. The lowest BCUT2D eigenvalue weighted by Gasteiger charge is -2.28. The van der Waals surface area contributed by atoms with Crippen LogP contribution in [0.15, 0.2) is 12.1 Å². The van der Waals surface area contributed by atoms with Crippen LogP contribution in [0.4, 0.5) is 0 Å². The quantitative estimate of drug-likeness (QED) is 0.373. The molecule has 0 aliphatic carbocycles. The number of aliphatic carboxylic acids is 1. The Hall–Kier alpha value is -1.99. The minimum Gasteiger partial charge on any atom is -0.507 e. The highest BCUT2D eigenvalue weighted by atomic mass is 16.4. The molecule has 0 saturated carbocycles. The molecule has 0 amide bonds. The van der Waals surface area contributed by atoms with Crippen molar-refractivity contribution in [2.24, 2.45) is 5.73 Å². The maximum Gasteiger partial charge on any atom is 0.322 e. The van der Waals surface area contributed by atoms with Crippen molar-refractivity contribution in [3.63, 3.8) is 0 Å². The van der Waals surface area contributed by atoms with E-state index in [4.69, 9.17) is 10.8 Å². The Morgan fingerprint density at radius 2 is 1.67 bits per heavy atom. The van der Waals surface area contributed by atoms with Gasteiger partial charge in [0.05, 0.1) is 6.04 Å². The molecule has 100 valence electrons. The van der Waals surface area contributed by atoms with Crippen molar-refractivity contribution in [2.45, 2.75) is 12.1 Å². The summed E-state index contributed by atoms with van der Waals surface area (Å²) >= 11 is 0. The van der Waals surface area contributed by atoms with Gasteiger partial charge in [-0.3, -0.25) is 4.79 Å². The zero-order valence-electron chi connectivity index (χ0n) is 10.0. The van der Waals surface area contributed by atoms with E-state index in [-0.39, 0.29) is 11.3 Å². The van der Waals surface area contributed by atoms with Gasteiger partial charge in [-0.1, -0.05) is 0 Å². The molecule has 1 aromatic carbocycles. The van der Waals surface area contributed by atoms with E-state index in [0.717, 1.165) is 12.1 Å². The maximum atomic E-state index is 10.9. The van der Waals surface area contributed by atoms with Crippen LogP contribution in [0.3, 0.4) is 0 Å². The number of carbonyl (C=O) groups is 1. The van der Waals surface area contributed by atoms with Crippen molar-refractivity contribution < 1.29 is 25.2 Å². The molecule has 0 bridgehead atoms. The summed E-state index contributed by atoms with van der Waals surface area (Å²) in [7, 11) is 3.19. The number of aromatic hydroxyl groups is 3. The second-order valence-corrected chi connectivity index (χ2v) is 4.17. The van der Waals surface area contributed by atoms with Gasteiger partial charge in [0.15, 0.2) is 11.5 Å². The maximum absolute atomic E-state index is 10.9. The lowest BCUT2D eigenvalue weighted by atomic mass is 9.97. The molecule has 0 aliphatic heterocycles. The number of carboxylic acids is 1. The van der Waals surface area contributed by atoms with Crippen LogP contribution in [0.2, 0.25) is 0 Å². The zero-order chi connectivity index (χ0) is 14.0. The first-order valence-corrected chi connectivity index (χ1v) is 5.15. The average Bonchev–Trinajstić information content (AvgIpc) is 2.24. The lowest BCUT2D eigenvalue weighted by molar-refractivity contribution is -0.140. The van der Waals surface area contributed by atoms with Crippen molar-refractivity contribution in [1.82, 2.24) is 4.90 Å². The van der Waals surface area contributed by atoms with Crippen LogP contribution in [0.25, 0.3) is 0 Å². The highest BCUT2D eigenvalue weighted by molar-refractivity contribution is 5.75. The van der Waals surface area contributed by atoms with Gasteiger partial charge in [-0.25, -0.2) is 0 Å². The number of nitrogens with zero attached hydrogens (tertiary/aromatic N) is 1. The molecule has 1 rings (SSSR count). The van der Waals surface area contributed by atoms with E-state index in [1.54, 1.807) is 14.1 Å². The van der Waals surface area contributed by atoms with Gasteiger partial charge in [0.25, 0.3) is 0 Å². The van der Waals surface area contributed by atoms with Gasteiger partial charge in [-0.15, -0.1) is 0 Å². The van der Waals surface area contributed by atoms with Gasteiger partial charge >= 0.3 is 5.97 Å². The Bertz CT molecular complexity index is 461. The van der Waals surface area contributed by atoms with Crippen LogP contribution < -0.4 is 5.73 Å². The second-order valence-electron chi connectivity index (χ2n) is 4.17. The van der Waals surface area contributed by atoms with E-state index >= 15 is 0 Å². The van der Waals surface area contributed by atoms with E-state index in [1.165, 1.54) is 4.90 Å². The standard InChI is InChI=1S/C11H16N2O5/c1-13(2)10(9(12)11(17)18)5-3-7(15)8(16)4-6(5)14/h3-4,9-10,14-16H,12H2,1-2H3,(H,17,18). The van der Waals surface area contributed by atoms with Gasteiger partial charge in [0.1, 0.15) is 11.8 Å². The van der Waals surface area contributed by atoms with Gasteiger partial charge < -0.3 is 31.1 Å². The number of rotatable bonds is 4. The van der Waals surface area contributed by atoms with Crippen molar-refractivity contribution in [1.29, 1.82) is 0 Å². The van der Waals surface area contributed by atoms with Gasteiger partial charge in [0.2, 0.25) is 0 Å². The number of hydrogen-bond acceptors (Lipinski definition) is 6. The molecule has 0 aliphatic rings. The highest BCUT2D eigenvalue weighted by Gasteiger charge is 2.30. The fourth-order valence-corrected chi connectivity index (χ4v) is 1.75. The summed E-state index contributed by atoms with van der Waals surface area (Å²) < 4.78 is 0. The van der Waals surface area contributed by atoms with Gasteiger partial charge in [-0.05, 0) is 20.2 Å². The third-order valence-electron chi connectivity index (χ3n) is 2.62. The Balaban J connectivity index is 3.30. The number of phenols is 3. The summed E-state index contributed by atoms with van der Waals surface area (Å²) in [5, 5.41) is 37.3. The van der Waals surface area contributed by atoms with Crippen molar-refractivity contribution in [3.05, 3.63) is 17.7 Å². The fraction of sp³-hybridized carbons (Fsp3) is 0.364. The molecular formula is C11H16N2O5. The zero-order valence-corrected chi connectivity index (χ0v) is 10.0. The first kappa shape index (κ1) is 14.1. The van der Waals surface area contributed by atoms with Gasteiger partial charge in [0, 0.05) is 11.6 Å². The molecule has 0 aromatic heterocycles. The molecule has 0 radical (unpaired) electrons. The SMILES string of the molecule is CN(C)C(c1cc(O)c(O)cc1O)C(N)C(=O)O. The van der Waals surface area contributed by atoms with Crippen LogP contribution in [0.5, 0.6) is 17.2 Å². The van der Waals surface area contributed by atoms with Crippen LogP contribution >= 0.6 is 0 Å². The van der Waals surface area contributed by atoms with E-state index in [1.807, 2.05) is 0 Å². The van der Waals surface area contributed by atoms with Crippen molar-refractivity contribution >= 4 is 5.97 Å². The molecule has 0 saturated heterocycles. The summed E-state index contributed by atoms with van der Waals surface area (Å²) in [4.78, 5) is 12.4. The Morgan fingerprint density at radius 1 is 1.17 bits per heavy atom. The summed E-state index contributed by atoms with van der Waals surface area (Å²) in [5.74, 6) is -2.51. The van der Waals surface area contributed by atoms with Crippen LogP contribution in [-0.2, 0) is 4.79 Å². The fourth-order valence-electron chi connectivity index (χ4n) is 1.75. The molecular weight excluding hydrogens is 240 g/mol. The first-order chi connectivity index (χ1) is 8.25. The van der Waals surface area contributed by atoms with Crippen molar-refractivity contribution in [2.75, 3.05) is 14.1 Å². The van der Waals surface area contributed by atoms with Crippen molar-refractivity contribution in [3.8, 4) is 17.2 Å². The molecule has 6 N–H and O–H groups in total. The number of phenolic OH excluding ortho intramolecular Hbond substituents is 3. The minimum absolute atomic E-state index is 0.130. The van der Waals surface area contributed by atoms with Gasteiger partial charge in [-0.2, -0.15) is 0 Å². The molecule has 7 heteroatoms. The van der Waals surface area contributed by atoms with Crippen LogP contribution in [-0.4, -0.2) is 51.4 Å². The van der Waals surface area contributed by atoms with E-state index < -0.39 is 29.6 Å². The monoisotopic (exact) mass is 256 g/mol. The van der Waals surface area contributed by atoms with E-state index in [2.05, 4.69) is 0 Å². The van der Waals surface area contributed by atoms with E-state index in [9.17, 15) is 20.1 Å². The normalized spacial score (nSPS) is 14.4. The smallest absolute Gasteiger partial charge is 0.322 e. The highest BCUT2D eigenvalue weighted by Crippen LogP contribution is 2.37. The molecule has 18 heavy (non-hydrogen) atoms. The average molecular weight is 256 g/mol. The Labute approximate surface area is 104 Å². The largest absolute Gasteiger partial charge is 0.507 e. The molecule has 2 atom stereocenters. The third kappa shape index (κ3) is 2.63. The first-order valence-electron chi connectivity index (χ1n) is 5.15. The van der Waals surface area contributed by atoms with Crippen LogP contribution in [0.1, 0.15) is 11.6 Å². The summed E-state index contributed by atoms with van der Waals surface area (Å²) in [5.41, 5.74) is 5.68. The summed E-state index contributed by atoms with van der Waals surface area (Å²) in [6.07, 6.45) is 0. The van der Waals surface area contributed by atoms with E-state index in [0.29, 0.717) is 0 Å². The minimum atomic E-state index is -1.28. The lowest BCUT2D eigenvalue weighted by Crippen LogP contribution is -2.43. The second kappa shape index (κ2) is 5.11. The number of nitrogens with two attached hydrogens (primary N) is 1. The topological polar surface area (TPSA) is 127 Å². The van der Waals surface area contributed by atoms with Crippen LogP contribution in [0, 0.1) is 0 Å². The Kier molecular flexibility index (Phi) is 4.00. The number of benzene rings is 1. The third-order valence-corrected chi connectivity index (χ3v) is 2.62. The molecule has 0 fully saturated rings. The predicted molar refractivity (Wildman–Crippen MR) is 63.5 cm³/mol. The predicted octanol–water partition coefficient (Wildman–Crippen LogP) is -0.182. The Morgan fingerprint density at radius 3 is 2.11 bits per heavy atom.